The summed E-state index contributed by atoms with van der Waals surface area (Å²) in [5.41, 5.74) is 0.464. The molecule has 1 aliphatic heterocycles. The first kappa shape index (κ1) is 22.1. The molecule has 0 spiro atoms. The van der Waals surface area contributed by atoms with E-state index in [0.29, 0.717) is 26.1 Å². The maximum atomic E-state index is 12.9. The van der Waals surface area contributed by atoms with Crippen LogP contribution in [0.25, 0.3) is 0 Å². The number of aromatic nitrogens is 2. The van der Waals surface area contributed by atoms with Crippen LogP contribution in [0, 0.1) is 0 Å². The number of rotatable bonds is 4. The van der Waals surface area contributed by atoms with Crippen LogP contribution in [0.15, 0.2) is 54.6 Å². The molecule has 0 saturated carbocycles. The predicted molar refractivity (Wildman–Crippen MR) is 118 cm³/mol. The maximum Gasteiger partial charge on any atom is 0.416 e. The van der Waals surface area contributed by atoms with Gasteiger partial charge in [0, 0.05) is 49.3 Å². The van der Waals surface area contributed by atoms with Crippen LogP contribution < -0.4 is 10.2 Å². The van der Waals surface area contributed by atoms with Gasteiger partial charge in [-0.15, -0.1) is 0 Å². The molecule has 168 valence electrons. The second-order valence-corrected chi connectivity index (χ2v) is 8.38. The van der Waals surface area contributed by atoms with E-state index in [-0.39, 0.29) is 11.7 Å². The predicted octanol–water partition coefficient (Wildman–Crippen LogP) is 4.89. The number of carbonyl (C=O) groups excluding carboxylic acids is 1. The molecule has 1 saturated heterocycles. The van der Waals surface area contributed by atoms with Crippen LogP contribution in [0.5, 0.6) is 0 Å². The zero-order valence-corrected chi connectivity index (χ0v) is 18.2. The highest BCUT2D eigenvalue weighted by Gasteiger charge is 2.32. The molecule has 0 radical (unpaired) electrons. The van der Waals surface area contributed by atoms with E-state index >= 15 is 0 Å². The molecule has 1 aliphatic rings. The average Bonchev–Trinajstić information content (AvgIpc) is 3.22. The van der Waals surface area contributed by atoms with E-state index in [1.165, 1.54) is 23.7 Å². The zero-order valence-electron chi connectivity index (χ0n) is 17.3. The zero-order chi connectivity index (χ0) is 22.7. The van der Waals surface area contributed by atoms with Gasteiger partial charge in [-0.3, -0.25) is 0 Å². The van der Waals surface area contributed by atoms with E-state index in [0.717, 1.165) is 28.7 Å². The highest BCUT2D eigenvalue weighted by Crippen LogP contribution is 2.31. The smallest absolute Gasteiger partial charge is 0.343 e. The van der Waals surface area contributed by atoms with Crippen molar-refractivity contribution in [3.05, 3.63) is 71.5 Å². The second kappa shape index (κ2) is 9.15. The van der Waals surface area contributed by atoms with Gasteiger partial charge >= 0.3 is 12.2 Å². The number of nitrogens with zero attached hydrogens (tertiary/aromatic N) is 4. The molecule has 0 bridgehead atoms. The van der Waals surface area contributed by atoms with Gasteiger partial charge in [0.2, 0.25) is 5.13 Å². The minimum atomic E-state index is -4.46. The van der Waals surface area contributed by atoms with Crippen molar-refractivity contribution in [2.75, 3.05) is 29.9 Å². The van der Waals surface area contributed by atoms with Crippen LogP contribution in [0.3, 0.4) is 0 Å². The van der Waals surface area contributed by atoms with Gasteiger partial charge in [0.15, 0.2) is 0 Å². The van der Waals surface area contributed by atoms with E-state index in [2.05, 4.69) is 19.6 Å². The van der Waals surface area contributed by atoms with Gasteiger partial charge in [-0.2, -0.15) is 17.5 Å². The number of carbonyl (C=O) groups is 1. The summed E-state index contributed by atoms with van der Waals surface area (Å²) in [6, 6.07) is 14.1. The van der Waals surface area contributed by atoms with Crippen molar-refractivity contribution in [2.45, 2.75) is 25.6 Å². The molecule has 10 heteroatoms. The van der Waals surface area contributed by atoms with Crippen molar-refractivity contribution in [1.29, 1.82) is 0 Å². The number of hydrogen-bond acceptors (Lipinski definition) is 5. The van der Waals surface area contributed by atoms with Gasteiger partial charge in [0.25, 0.3) is 0 Å². The Bertz CT molecular complexity index is 1070. The molecule has 1 aromatic heterocycles. The van der Waals surface area contributed by atoms with E-state index in [9.17, 15) is 18.0 Å². The monoisotopic (exact) mass is 461 g/mol. The number of anilines is 2. The molecule has 32 heavy (non-hydrogen) atoms. The normalized spacial score (nSPS) is 16.8. The van der Waals surface area contributed by atoms with Crippen LogP contribution in [-0.2, 0) is 12.6 Å². The Balaban J connectivity index is 1.36. The molecule has 6 nitrogen and oxygen atoms in total. The molecule has 4 rings (SSSR count). The Hall–Kier alpha value is -3.14. The summed E-state index contributed by atoms with van der Waals surface area (Å²) in [4.78, 5) is 21.0. The van der Waals surface area contributed by atoms with Crippen molar-refractivity contribution < 1.29 is 18.0 Å². The number of nitrogens with one attached hydrogen (secondary N) is 1. The number of alkyl halides is 3. The van der Waals surface area contributed by atoms with Gasteiger partial charge in [-0.1, -0.05) is 36.4 Å². The van der Waals surface area contributed by atoms with Crippen LogP contribution in [0.4, 0.5) is 28.8 Å². The fourth-order valence-electron chi connectivity index (χ4n) is 3.63. The Morgan fingerprint density at radius 3 is 2.66 bits per heavy atom. The van der Waals surface area contributed by atoms with E-state index in [4.69, 9.17) is 0 Å². The van der Waals surface area contributed by atoms with Gasteiger partial charge in [-0.05, 0) is 30.7 Å². The molecule has 3 aromatic rings. The topological polar surface area (TPSA) is 61.4 Å². The Labute approximate surface area is 187 Å². The lowest BCUT2D eigenvalue weighted by atomic mass is 10.1. The Morgan fingerprint density at radius 2 is 1.94 bits per heavy atom. The lowest BCUT2D eigenvalue weighted by Gasteiger charge is -2.39. The van der Waals surface area contributed by atoms with Crippen LogP contribution in [0.1, 0.15) is 23.9 Å². The van der Waals surface area contributed by atoms with Crippen LogP contribution in [0.2, 0.25) is 0 Å². The first-order valence-corrected chi connectivity index (χ1v) is 10.9. The molecule has 1 atom stereocenters. The first-order chi connectivity index (χ1) is 15.3. The van der Waals surface area contributed by atoms with E-state index < -0.39 is 17.8 Å². The summed E-state index contributed by atoms with van der Waals surface area (Å²) in [5.74, 6) is 0.758. The summed E-state index contributed by atoms with van der Waals surface area (Å²) in [6.45, 7) is 3.47. The molecular formula is C22H22F3N5OS. The van der Waals surface area contributed by atoms with Gasteiger partial charge in [-0.25, -0.2) is 9.78 Å². The minimum absolute atomic E-state index is 0.120. The average molecular weight is 462 g/mol. The lowest BCUT2D eigenvalue weighted by Crippen LogP contribution is -2.55. The van der Waals surface area contributed by atoms with E-state index in [1.54, 1.807) is 4.90 Å². The highest BCUT2D eigenvalue weighted by atomic mass is 32.1. The lowest BCUT2D eigenvalue weighted by molar-refractivity contribution is -0.137. The van der Waals surface area contributed by atoms with Crippen molar-refractivity contribution in [2.24, 2.45) is 0 Å². The number of urea groups is 1. The quantitative estimate of drug-likeness (QED) is 0.601. The summed E-state index contributed by atoms with van der Waals surface area (Å²) < 4.78 is 43.2. The van der Waals surface area contributed by atoms with Crippen molar-refractivity contribution in [3.8, 4) is 0 Å². The first-order valence-electron chi connectivity index (χ1n) is 10.2. The molecule has 2 amide bonds. The molecule has 1 fully saturated rings. The van der Waals surface area contributed by atoms with Crippen molar-refractivity contribution in [1.82, 2.24) is 14.3 Å². The maximum absolute atomic E-state index is 12.9. The number of hydrogen-bond donors (Lipinski definition) is 1. The molecule has 2 aromatic carbocycles. The fourth-order valence-corrected chi connectivity index (χ4v) is 4.34. The van der Waals surface area contributed by atoms with Gasteiger partial charge < -0.3 is 15.1 Å². The number of halogens is 3. The van der Waals surface area contributed by atoms with Gasteiger partial charge in [0.1, 0.15) is 5.82 Å². The SMILES string of the molecule is CC1CN(c2nc(Cc3ccccc3)ns2)CCN1C(=O)Nc1cccc(C(F)(F)F)c1. The standard InChI is InChI=1S/C22H22F3N5OS/c1-15-14-29(21-27-19(28-32-21)12-16-6-3-2-4-7-16)10-11-30(15)20(31)26-18-9-5-8-17(13-18)22(23,24)25/h2-9,13,15H,10-12,14H2,1H3,(H,26,31). The highest BCUT2D eigenvalue weighted by molar-refractivity contribution is 7.09. The largest absolute Gasteiger partial charge is 0.416 e. The molecule has 1 N–H and O–H groups in total. The summed E-state index contributed by atoms with van der Waals surface area (Å²) in [5, 5.41) is 3.39. The summed E-state index contributed by atoms with van der Waals surface area (Å²) >= 11 is 1.33. The minimum Gasteiger partial charge on any atom is -0.343 e. The third-order valence-corrected chi connectivity index (χ3v) is 6.08. The Morgan fingerprint density at radius 1 is 1.16 bits per heavy atom. The number of piperazine rings is 1. The molecule has 2 heterocycles. The van der Waals surface area contributed by atoms with E-state index in [1.807, 2.05) is 37.3 Å². The third kappa shape index (κ3) is 5.18. The van der Waals surface area contributed by atoms with Crippen molar-refractivity contribution in [3.63, 3.8) is 0 Å². The number of amides is 2. The molecule has 1 unspecified atom stereocenters. The summed E-state index contributed by atoms with van der Waals surface area (Å²) in [6.07, 6.45) is -3.80. The van der Waals surface area contributed by atoms with Crippen LogP contribution >= 0.6 is 11.5 Å². The molecular weight excluding hydrogens is 439 g/mol. The number of benzene rings is 2. The third-order valence-electron chi connectivity index (χ3n) is 5.26. The van der Waals surface area contributed by atoms with Crippen LogP contribution in [-0.4, -0.2) is 46.0 Å². The second-order valence-electron chi connectivity index (χ2n) is 7.65. The Kier molecular flexibility index (Phi) is 6.31. The van der Waals surface area contributed by atoms with Gasteiger partial charge in [0.05, 0.1) is 5.56 Å². The fraction of sp³-hybridized carbons (Fsp3) is 0.318. The van der Waals surface area contributed by atoms with Crippen molar-refractivity contribution >= 4 is 28.4 Å². The summed E-state index contributed by atoms with van der Waals surface area (Å²) in [7, 11) is 0. The molecule has 0 aliphatic carbocycles.